The third kappa shape index (κ3) is 3.31. The fraction of sp³-hybridized carbons (Fsp3) is 0.188. The van der Waals surface area contributed by atoms with Gasteiger partial charge in [0.2, 0.25) is 0 Å². The number of benzene rings is 1. The molecule has 0 unspecified atom stereocenters. The molecule has 0 saturated heterocycles. The molecule has 1 aromatic carbocycles. The van der Waals surface area contributed by atoms with Crippen molar-refractivity contribution in [3.05, 3.63) is 54.0 Å². The van der Waals surface area contributed by atoms with Crippen LogP contribution >= 0.6 is 0 Å². The summed E-state index contributed by atoms with van der Waals surface area (Å²) >= 11 is 0. The number of anilines is 1. The maximum absolute atomic E-state index is 12.4. The summed E-state index contributed by atoms with van der Waals surface area (Å²) in [5, 5.41) is 8.17. The largest absolute Gasteiger partial charge is 0.383 e. The van der Waals surface area contributed by atoms with Crippen LogP contribution in [-0.4, -0.2) is 40.4 Å². The van der Waals surface area contributed by atoms with Gasteiger partial charge < -0.3 is 10.6 Å². The Hall–Kier alpha value is -3.14. The molecule has 2 heterocycles. The average Bonchev–Trinajstić information content (AvgIpc) is 3.21. The lowest BCUT2D eigenvalue weighted by atomic mass is 10.2. The number of aryl methyl sites for hydroxylation is 1. The van der Waals surface area contributed by atoms with Crippen molar-refractivity contribution in [2.75, 3.05) is 12.0 Å². The molecule has 0 saturated carbocycles. The van der Waals surface area contributed by atoms with Gasteiger partial charge in [-0.25, -0.2) is 17.9 Å². The van der Waals surface area contributed by atoms with Crippen LogP contribution in [0.5, 0.6) is 0 Å². The van der Waals surface area contributed by atoms with Crippen LogP contribution in [-0.2, 0) is 16.3 Å². The number of hydrogen-bond donors (Lipinski definition) is 1. The van der Waals surface area contributed by atoms with Gasteiger partial charge in [0.05, 0.1) is 28.7 Å². The second kappa shape index (κ2) is 6.64. The molecule has 26 heavy (non-hydrogen) atoms. The van der Waals surface area contributed by atoms with Crippen LogP contribution < -0.4 is 10.6 Å². The highest BCUT2D eigenvalue weighted by Crippen LogP contribution is 2.23. The third-order valence-electron chi connectivity index (χ3n) is 3.70. The van der Waals surface area contributed by atoms with Crippen molar-refractivity contribution in [3.8, 4) is 5.69 Å². The first-order chi connectivity index (χ1) is 12.3. The smallest absolute Gasteiger partial charge is 0.371 e. The van der Waals surface area contributed by atoms with Crippen LogP contribution in [0.1, 0.15) is 23.0 Å². The summed E-state index contributed by atoms with van der Waals surface area (Å²) < 4.78 is 24.5. The minimum Gasteiger partial charge on any atom is -0.383 e. The summed E-state index contributed by atoms with van der Waals surface area (Å²) in [4.78, 5) is 18.8. The molecule has 9 nitrogen and oxygen atoms in total. The highest BCUT2D eigenvalue weighted by atomic mass is 32.2. The molecule has 0 fully saturated rings. The normalized spacial score (nSPS) is 11.5. The first-order valence-electron chi connectivity index (χ1n) is 7.71. The number of rotatable bonds is 5. The standard InChI is InChI=1S/C16H17N5O4S/c1-3-13-14(16(22)25-20-10-4-9-18-20)15(17)21(19-13)11-5-7-12(8-6-11)26(2,23)24/h4-10H,3,17H2,1-2H3. The lowest BCUT2D eigenvalue weighted by molar-refractivity contribution is 0.0394. The van der Waals surface area contributed by atoms with E-state index >= 15 is 0 Å². The molecule has 0 bridgehead atoms. The Balaban J connectivity index is 1.99. The van der Waals surface area contributed by atoms with Crippen molar-refractivity contribution in [2.45, 2.75) is 18.2 Å². The Morgan fingerprint density at radius 1 is 1.27 bits per heavy atom. The van der Waals surface area contributed by atoms with E-state index in [-0.39, 0.29) is 16.3 Å². The molecule has 0 amide bonds. The number of aromatic nitrogens is 4. The van der Waals surface area contributed by atoms with E-state index in [0.29, 0.717) is 17.8 Å². The zero-order chi connectivity index (χ0) is 18.9. The van der Waals surface area contributed by atoms with Crippen molar-refractivity contribution >= 4 is 21.6 Å². The molecule has 0 aliphatic heterocycles. The maximum atomic E-state index is 12.4. The Morgan fingerprint density at radius 3 is 2.50 bits per heavy atom. The van der Waals surface area contributed by atoms with Crippen LogP contribution in [0, 0.1) is 0 Å². The summed E-state index contributed by atoms with van der Waals surface area (Å²) in [5.74, 6) is -0.576. The molecule has 0 atom stereocenters. The number of sulfone groups is 1. The van der Waals surface area contributed by atoms with Crippen molar-refractivity contribution in [1.29, 1.82) is 0 Å². The summed E-state index contributed by atoms with van der Waals surface area (Å²) in [6.07, 6.45) is 4.54. The average molecular weight is 375 g/mol. The Labute approximate surface area is 149 Å². The van der Waals surface area contributed by atoms with Gasteiger partial charge in [-0.15, -0.1) is 5.10 Å². The van der Waals surface area contributed by atoms with Gasteiger partial charge in [-0.05, 0) is 36.8 Å². The fourth-order valence-electron chi connectivity index (χ4n) is 2.42. The fourth-order valence-corrected chi connectivity index (χ4v) is 3.05. The number of carbonyl (C=O) groups excluding carboxylic acids is 1. The maximum Gasteiger partial charge on any atom is 0.371 e. The van der Waals surface area contributed by atoms with E-state index in [1.807, 2.05) is 6.92 Å². The highest BCUT2D eigenvalue weighted by Gasteiger charge is 2.24. The highest BCUT2D eigenvalue weighted by molar-refractivity contribution is 7.90. The zero-order valence-corrected chi connectivity index (χ0v) is 15.0. The van der Waals surface area contributed by atoms with Crippen molar-refractivity contribution in [2.24, 2.45) is 0 Å². The van der Waals surface area contributed by atoms with Gasteiger partial charge in [-0.3, -0.25) is 0 Å². The molecule has 3 aromatic rings. The van der Waals surface area contributed by atoms with Gasteiger partial charge in [0.15, 0.2) is 9.84 Å². The van der Waals surface area contributed by atoms with E-state index in [0.717, 1.165) is 11.1 Å². The van der Waals surface area contributed by atoms with Gasteiger partial charge in [0, 0.05) is 6.26 Å². The number of nitrogens with two attached hydrogens (primary N) is 1. The van der Waals surface area contributed by atoms with Gasteiger partial charge in [-0.1, -0.05) is 11.8 Å². The van der Waals surface area contributed by atoms with Gasteiger partial charge in [-0.2, -0.15) is 5.10 Å². The lowest BCUT2D eigenvalue weighted by Crippen LogP contribution is -2.22. The van der Waals surface area contributed by atoms with Crippen molar-refractivity contribution in [1.82, 2.24) is 19.7 Å². The van der Waals surface area contributed by atoms with Gasteiger partial charge in [0.25, 0.3) is 0 Å². The topological polar surface area (TPSA) is 122 Å². The second-order valence-corrected chi connectivity index (χ2v) is 7.54. The molecule has 0 radical (unpaired) electrons. The van der Waals surface area contributed by atoms with Crippen LogP contribution in [0.15, 0.2) is 47.6 Å². The van der Waals surface area contributed by atoms with Gasteiger partial charge in [0.1, 0.15) is 11.4 Å². The molecular weight excluding hydrogens is 358 g/mol. The van der Waals surface area contributed by atoms with E-state index in [4.69, 9.17) is 10.6 Å². The van der Waals surface area contributed by atoms with Crippen LogP contribution in [0.4, 0.5) is 5.82 Å². The van der Waals surface area contributed by atoms with Crippen LogP contribution in [0.25, 0.3) is 5.69 Å². The van der Waals surface area contributed by atoms with Crippen molar-refractivity contribution < 1.29 is 18.0 Å². The molecule has 0 spiro atoms. The molecule has 2 N–H and O–H groups in total. The predicted molar refractivity (Wildman–Crippen MR) is 93.6 cm³/mol. The number of nitrogens with zero attached hydrogens (tertiary/aromatic N) is 4. The molecule has 3 rings (SSSR count). The third-order valence-corrected chi connectivity index (χ3v) is 4.83. The summed E-state index contributed by atoms with van der Waals surface area (Å²) in [6.45, 7) is 1.84. The monoisotopic (exact) mass is 375 g/mol. The molecule has 136 valence electrons. The Kier molecular flexibility index (Phi) is 4.51. The Bertz CT molecular complexity index is 1040. The van der Waals surface area contributed by atoms with E-state index in [2.05, 4.69) is 10.2 Å². The number of hydrogen-bond acceptors (Lipinski definition) is 7. The zero-order valence-electron chi connectivity index (χ0n) is 14.2. The molecule has 0 aliphatic rings. The second-order valence-electron chi connectivity index (χ2n) is 5.53. The Morgan fingerprint density at radius 2 is 1.96 bits per heavy atom. The number of carbonyl (C=O) groups is 1. The lowest BCUT2D eigenvalue weighted by Gasteiger charge is -2.06. The SMILES string of the molecule is CCc1nn(-c2ccc(S(C)(=O)=O)cc2)c(N)c1C(=O)On1cccn1. The van der Waals surface area contributed by atoms with E-state index in [9.17, 15) is 13.2 Å². The summed E-state index contributed by atoms with van der Waals surface area (Å²) in [5.41, 5.74) is 7.26. The quantitative estimate of drug-likeness (QED) is 0.702. The molecule has 2 aromatic heterocycles. The minimum absolute atomic E-state index is 0.103. The van der Waals surface area contributed by atoms with Crippen molar-refractivity contribution in [3.63, 3.8) is 0 Å². The van der Waals surface area contributed by atoms with E-state index in [1.165, 1.54) is 29.2 Å². The predicted octanol–water partition coefficient (Wildman–Crippen LogP) is 0.886. The van der Waals surface area contributed by atoms with E-state index < -0.39 is 15.8 Å². The van der Waals surface area contributed by atoms with Crippen LogP contribution in [0.3, 0.4) is 0 Å². The minimum atomic E-state index is -3.31. The summed E-state index contributed by atoms with van der Waals surface area (Å²) in [6, 6.07) is 7.67. The van der Waals surface area contributed by atoms with E-state index in [1.54, 1.807) is 18.2 Å². The summed E-state index contributed by atoms with van der Waals surface area (Å²) in [7, 11) is -3.31. The molecule has 10 heteroatoms. The van der Waals surface area contributed by atoms with Crippen LogP contribution in [0.2, 0.25) is 0 Å². The molecular formula is C16H17N5O4S. The first-order valence-corrected chi connectivity index (χ1v) is 9.60. The number of nitrogen functional groups attached to an aromatic ring is 1. The van der Waals surface area contributed by atoms with Gasteiger partial charge >= 0.3 is 5.97 Å². The molecule has 0 aliphatic carbocycles. The first kappa shape index (κ1) is 17.7.